The number of methoxy groups -OCH3 is 2. The molecule has 1 aliphatic carbocycles. The molecular weight excluding hydrogens is 345 g/mol. The van der Waals surface area contributed by atoms with Crippen LogP contribution in [0.5, 0.6) is 5.75 Å². The Morgan fingerprint density at radius 2 is 1.76 bits per heavy atom. The maximum Gasteiger partial charge on any atom is 0.240 e. The van der Waals surface area contributed by atoms with E-state index in [0.29, 0.717) is 12.8 Å². The van der Waals surface area contributed by atoms with Gasteiger partial charge in [0, 0.05) is 26.5 Å². The summed E-state index contributed by atoms with van der Waals surface area (Å²) in [5.41, 5.74) is 1.67. The van der Waals surface area contributed by atoms with Crippen molar-refractivity contribution in [1.29, 1.82) is 0 Å². The second-order valence-corrected chi connectivity index (χ2v) is 7.90. The zero-order valence-corrected chi connectivity index (χ0v) is 14.9. The van der Waals surface area contributed by atoms with Gasteiger partial charge in [0.1, 0.15) is 0 Å². The molecule has 7 heteroatoms. The van der Waals surface area contributed by atoms with Crippen LogP contribution in [0, 0.1) is 5.82 Å². The van der Waals surface area contributed by atoms with Crippen molar-refractivity contribution in [1.82, 2.24) is 4.72 Å². The topological polar surface area (TPSA) is 64.6 Å². The Bertz CT molecular complexity index is 857. The predicted octanol–water partition coefficient (Wildman–Crippen LogP) is 2.30. The van der Waals surface area contributed by atoms with Crippen LogP contribution in [0.15, 0.2) is 47.4 Å². The molecule has 3 rings (SSSR count). The number of nitrogens with one attached hydrogen (secondary N) is 1. The third-order valence-electron chi connectivity index (χ3n) is 4.59. The first-order valence-electron chi connectivity index (χ1n) is 7.84. The summed E-state index contributed by atoms with van der Waals surface area (Å²) in [5.74, 6) is -0.723. The van der Waals surface area contributed by atoms with Gasteiger partial charge in [-0.25, -0.2) is 17.5 Å². The Kier molecular flexibility index (Phi) is 4.81. The van der Waals surface area contributed by atoms with Gasteiger partial charge >= 0.3 is 0 Å². The number of sulfonamides is 1. The van der Waals surface area contributed by atoms with Gasteiger partial charge in [0.2, 0.25) is 10.0 Å². The molecule has 0 bridgehead atoms. The summed E-state index contributed by atoms with van der Waals surface area (Å²) in [6.45, 7) is 0.105. The Morgan fingerprint density at radius 1 is 1.12 bits per heavy atom. The smallest absolute Gasteiger partial charge is 0.240 e. The lowest BCUT2D eigenvalue weighted by Gasteiger charge is -2.27. The normalized spacial score (nSPS) is 15.8. The third kappa shape index (κ3) is 3.53. The molecule has 0 aliphatic heterocycles. The third-order valence-corrected chi connectivity index (χ3v) is 5.99. The van der Waals surface area contributed by atoms with Crippen LogP contribution in [-0.2, 0) is 27.6 Å². The number of hydrogen-bond donors (Lipinski definition) is 1. The maximum absolute atomic E-state index is 13.8. The van der Waals surface area contributed by atoms with E-state index in [9.17, 15) is 12.8 Å². The molecule has 1 aliphatic rings. The van der Waals surface area contributed by atoms with Crippen LogP contribution in [0.4, 0.5) is 4.39 Å². The van der Waals surface area contributed by atoms with Crippen molar-refractivity contribution >= 4 is 10.0 Å². The van der Waals surface area contributed by atoms with Crippen LogP contribution < -0.4 is 9.46 Å². The zero-order valence-electron chi connectivity index (χ0n) is 14.1. The van der Waals surface area contributed by atoms with E-state index >= 15 is 0 Å². The van der Waals surface area contributed by atoms with Crippen LogP contribution in [0.1, 0.15) is 11.1 Å². The molecule has 0 saturated carbocycles. The van der Waals surface area contributed by atoms with Gasteiger partial charge in [0.15, 0.2) is 11.6 Å². The van der Waals surface area contributed by atoms with Gasteiger partial charge < -0.3 is 9.47 Å². The summed E-state index contributed by atoms with van der Waals surface area (Å²) < 4.78 is 51.8. The predicted molar refractivity (Wildman–Crippen MR) is 91.7 cm³/mol. The number of rotatable bonds is 6. The van der Waals surface area contributed by atoms with E-state index in [1.807, 2.05) is 24.3 Å². The number of hydrogen-bond acceptors (Lipinski definition) is 4. The summed E-state index contributed by atoms with van der Waals surface area (Å²) in [7, 11) is -0.955. The highest BCUT2D eigenvalue weighted by Crippen LogP contribution is 2.32. The molecule has 1 N–H and O–H groups in total. The van der Waals surface area contributed by atoms with Crippen molar-refractivity contribution in [3.8, 4) is 5.75 Å². The molecule has 0 saturated heterocycles. The highest BCUT2D eigenvalue weighted by atomic mass is 32.2. The fourth-order valence-corrected chi connectivity index (χ4v) is 4.25. The lowest BCUT2D eigenvalue weighted by Crippen LogP contribution is -2.45. The minimum Gasteiger partial charge on any atom is -0.494 e. The Morgan fingerprint density at radius 3 is 2.28 bits per heavy atom. The van der Waals surface area contributed by atoms with Crippen molar-refractivity contribution in [3.63, 3.8) is 0 Å². The quantitative estimate of drug-likeness (QED) is 0.853. The summed E-state index contributed by atoms with van der Waals surface area (Å²) in [6, 6.07) is 11.5. The average Bonchev–Trinajstić information content (AvgIpc) is 2.99. The van der Waals surface area contributed by atoms with Gasteiger partial charge in [-0.15, -0.1) is 0 Å². The van der Waals surface area contributed by atoms with E-state index in [2.05, 4.69) is 4.72 Å². The van der Waals surface area contributed by atoms with Crippen LogP contribution in [-0.4, -0.2) is 34.8 Å². The lowest BCUT2D eigenvalue weighted by atomic mass is 10.0. The van der Waals surface area contributed by atoms with Gasteiger partial charge in [-0.05, 0) is 29.3 Å². The fraction of sp³-hybridized carbons (Fsp3) is 0.333. The molecule has 0 spiro atoms. The van der Waals surface area contributed by atoms with Crippen molar-refractivity contribution in [2.75, 3.05) is 20.8 Å². The number of fused-ring (bicyclic) bond motifs is 1. The molecule has 0 amide bonds. The molecule has 25 heavy (non-hydrogen) atoms. The van der Waals surface area contributed by atoms with Crippen molar-refractivity contribution < 1.29 is 22.3 Å². The van der Waals surface area contributed by atoms with Crippen molar-refractivity contribution in [3.05, 3.63) is 59.4 Å². The molecule has 0 radical (unpaired) electrons. The highest BCUT2D eigenvalue weighted by Gasteiger charge is 2.38. The highest BCUT2D eigenvalue weighted by molar-refractivity contribution is 7.89. The Hall–Kier alpha value is -1.96. The first kappa shape index (κ1) is 17.8. The van der Waals surface area contributed by atoms with Crippen LogP contribution >= 0.6 is 0 Å². The fourth-order valence-electron chi connectivity index (χ4n) is 3.12. The number of benzene rings is 2. The van der Waals surface area contributed by atoms with Crippen LogP contribution in [0.2, 0.25) is 0 Å². The minimum atomic E-state index is -3.86. The standard InChI is InChI=1S/C18H20FNO4S/c1-23-17-8-7-15(9-16(17)19)25(21,22)20-12-18(24-2)10-13-5-3-4-6-14(13)11-18/h3-9,20H,10-12H2,1-2H3. The molecule has 0 unspecified atom stereocenters. The minimum absolute atomic E-state index is 0.00134. The molecule has 0 aromatic heterocycles. The Balaban J connectivity index is 1.77. The van der Waals surface area contributed by atoms with Gasteiger partial charge in [0.05, 0.1) is 17.6 Å². The van der Waals surface area contributed by atoms with Crippen LogP contribution in [0.25, 0.3) is 0 Å². The largest absolute Gasteiger partial charge is 0.494 e. The van der Waals surface area contributed by atoms with Gasteiger partial charge in [-0.2, -0.15) is 0 Å². The molecular formula is C18H20FNO4S. The first-order valence-corrected chi connectivity index (χ1v) is 9.33. The van der Waals surface area contributed by atoms with Crippen molar-refractivity contribution in [2.24, 2.45) is 0 Å². The summed E-state index contributed by atoms with van der Waals surface area (Å²) in [5, 5.41) is 0. The van der Waals surface area contributed by atoms with Gasteiger partial charge in [0.25, 0.3) is 0 Å². The van der Waals surface area contributed by atoms with Gasteiger partial charge in [-0.3, -0.25) is 0 Å². The maximum atomic E-state index is 13.8. The molecule has 0 fully saturated rings. The van der Waals surface area contributed by atoms with E-state index in [1.54, 1.807) is 7.11 Å². The lowest BCUT2D eigenvalue weighted by molar-refractivity contribution is 0.00378. The second kappa shape index (κ2) is 6.74. The number of ether oxygens (including phenoxy) is 2. The van der Waals surface area contributed by atoms with Crippen molar-refractivity contribution in [2.45, 2.75) is 23.3 Å². The summed E-state index contributed by atoms with van der Waals surface area (Å²) in [4.78, 5) is -0.146. The van der Waals surface area contributed by atoms with E-state index < -0.39 is 21.4 Å². The van der Waals surface area contributed by atoms with Gasteiger partial charge in [-0.1, -0.05) is 24.3 Å². The SMILES string of the molecule is COc1ccc(S(=O)(=O)NCC2(OC)Cc3ccccc3C2)cc1F. The van der Waals surface area contributed by atoms with Crippen LogP contribution in [0.3, 0.4) is 0 Å². The number of halogens is 1. The molecule has 0 atom stereocenters. The zero-order chi connectivity index (χ0) is 18.1. The summed E-state index contributed by atoms with van der Waals surface area (Å²) >= 11 is 0. The molecule has 5 nitrogen and oxygen atoms in total. The first-order chi connectivity index (χ1) is 11.9. The molecule has 2 aromatic carbocycles. The summed E-state index contributed by atoms with van der Waals surface area (Å²) in [6.07, 6.45) is 1.25. The van der Waals surface area contributed by atoms with E-state index in [-0.39, 0.29) is 17.2 Å². The molecule has 0 heterocycles. The molecule has 2 aromatic rings. The Labute approximate surface area is 146 Å². The van der Waals surface area contributed by atoms with E-state index in [4.69, 9.17) is 9.47 Å². The second-order valence-electron chi connectivity index (χ2n) is 6.13. The van der Waals surface area contributed by atoms with E-state index in [1.165, 1.54) is 19.2 Å². The average molecular weight is 365 g/mol. The molecule has 134 valence electrons. The monoisotopic (exact) mass is 365 g/mol. The van der Waals surface area contributed by atoms with E-state index in [0.717, 1.165) is 17.2 Å².